The molecule has 0 amide bonds. The first-order valence-corrected chi connectivity index (χ1v) is 6.07. The Morgan fingerprint density at radius 1 is 1.41 bits per heavy atom. The molecule has 0 radical (unpaired) electrons. The van der Waals surface area contributed by atoms with Crippen molar-refractivity contribution in [2.24, 2.45) is 0 Å². The van der Waals surface area contributed by atoms with Gasteiger partial charge in [0.2, 0.25) is 0 Å². The van der Waals surface area contributed by atoms with Crippen LogP contribution in [0.15, 0.2) is 30.3 Å². The largest absolute Gasteiger partial charge is 0.388 e. The molecule has 1 fully saturated rings. The van der Waals surface area contributed by atoms with Gasteiger partial charge < -0.3 is 14.7 Å². The highest BCUT2D eigenvalue weighted by atomic mass is 16.5. The van der Waals surface area contributed by atoms with Crippen molar-refractivity contribution in [1.82, 2.24) is 0 Å². The summed E-state index contributed by atoms with van der Waals surface area (Å²) in [6.45, 7) is 3.38. The highest BCUT2D eigenvalue weighted by Gasteiger charge is 2.44. The molecule has 0 saturated carbocycles. The summed E-state index contributed by atoms with van der Waals surface area (Å²) >= 11 is 0. The van der Waals surface area contributed by atoms with E-state index < -0.39 is 11.8 Å². The van der Waals surface area contributed by atoms with Crippen LogP contribution < -0.4 is 4.90 Å². The van der Waals surface area contributed by atoms with Gasteiger partial charge in [0.25, 0.3) is 0 Å². The van der Waals surface area contributed by atoms with E-state index in [0.717, 1.165) is 12.2 Å². The van der Waals surface area contributed by atoms with Gasteiger partial charge in [-0.25, -0.2) is 0 Å². The van der Waals surface area contributed by atoms with E-state index in [1.807, 2.05) is 19.1 Å². The predicted octanol–water partition coefficient (Wildman–Crippen LogP) is 2.02. The minimum Gasteiger partial charge on any atom is -0.388 e. The maximum Gasteiger partial charge on any atom is 0.164 e. The van der Waals surface area contributed by atoms with Crippen molar-refractivity contribution in [3.05, 3.63) is 35.9 Å². The number of anilines is 1. The second-order valence-corrected chi connectivity index (χ2v) is 4.78. The number of hydrogen-bond acceptors (Lipinski definition) is 3. The summed E-state index contributed by atoms with van der Waals surface area (Å²) in [5, 5.41) is 10.1. The van der Waals surface area contributed by atoms with Crippen LogP contribution in [0.3, 0.4) is 0 Å². The Kier molecular flexibility index (Phi) is 2.45. The Morgan fingerprint density at radius 3 is 3.00 bits per heavy atom. The minimum absolute atomic E-state index is 0.429. The second-order valence-electron chi connectivity index (χ2n) is 4.78. The summed E-state index contributed by atoms with van der Waals surface area (Å²) < 4.78 is 5.79. The molecule has 0 aromatic heterocycles. The molecule has 3 nitrogen and oxygen atoms in total. The number of aliphatic hydroxyl groups is 1. The SMILES string of the molecule is CC1(N2CC=Cc3ccccc32)OCCC1O. The topological polar surface area (TPSA) is 32.7 Å². The third-order valence-corrected chi connectivity index (χ3v) is 3.75. The molecular formula is C14H17NO2. The molecule has 1 saturated heterocycles. The first-order valence-electron chi connectivity index (χ1n) is 6.07. The van der Waals surface area contributed by atoms with Gasteiger partial charge in [-0.05, 0) is 18.6 Å². The van der Waals surface area contributed by atoms with E-state index in [1.165, 1.54) is 5.56 Å². The highest BCUT2D eigenvalue weighted by molar-refractivity contribution is 5.72. The molecular weight excluding hydrogens is 214 g/mol. The average Bonchev–Trinajstić information content (AvgIpc) is 2.70. The average molecular weight is 231 g/mol. The molecule has 17 heavy (non-hydrogen) atoms. The number of fused-ring (bicyclic) bond motifs is 1. The van der Waals surface area contributed by atoms with Crippen molar-refractivity contribution in [3.63, 3.8) is 0 Å². The molecule has 3 rings (SSSR count). The molecule has 1 aromatic rings. The van der Waals surface area contributed by atoms with E-state index in [2.05, 4.69) is 29.2 Å². The van der Waals surface area contributed by atoms with E-state index in [9.17, 15) is 5.11 Å². The molecule has 2 aliphatic rings. The van der Waals surface area contributed by atoms with E-state index in [-0.39, 0.29) is 0 Å². The molecule has 90 valence electrons. The van der Waals surface area contributed by atoms with Gasteiger partial charge in [-0.3, -0.25) is 0 Å². The van der Waals surface area contributed by atoms with Gasteiger partial charge in [0.1, 0.15) is 6.10 Å². The molecule has 0 aliphatic carbocycles. The van der Waals surface area contributed by atoms with E-state index >= 15 is 0 Å². The number of aliphatic hydroxyl groups excluding tert-OH is 1. The van der Waals surface area contributed by atoms with Crippen LogP contribution >= 0.6 is 0 Å². The monoisotopic (exact) mass is 231 g/mol. The third kappa shape index (κ3) is 1.58. The lowest BCUT2D eigenvalue weighted by Crippen LogP contribution is -2.54. The van der Waals surface area contributed by atoms with Crippen LogP contribution in [0.4, 0.5) is 5.69 Å². The predicted molar refractivity (Wildman–Crippen MR) is 67.8 cm³/mol. The molecule has 2 unspecified atom stereocenters. The van der Waals surface area contributed by atoms with Crippen LogP contribution in [-0.4, -0.2) is 30.1 Å². The van der Waals surface area contributed by atoms with Crippen LogP contribution in [0.25, 0.3) is 6.08 Å². The smallest absolute Gasteiger partial charge is 0.164 e. The van der Waals surface area contributed by atoms with E-state index in [1.54, 1.807) is 0 Å². The number of para-hydroxylation sites is 1. The van der Waals surface area contributed by atoms with Gasteiger partial charge in [0, 0.05) is 18.7 Å². The third-order valence-electron chi connectivity index (χ3n) is 3.75. The Bertz CT molecular complexity index is 457. The Morgan fingerprint density at radius 2 is 2.24 bits per heavy atom. The van der Waals surface area contributed by atoms with Crippen LogP contribution in [0.5, 0.6) is 0 Å². The van der Waals surface area contributed by atoms with Crippen molar-refractivity contribution in [1.29, 1.82) is 0 Å². The van der Waals surface area contributed by atoms with Crippen LogP contribution in [-0.2, 0) is 4.74 Å². The van der Waals surface area contributed by atoms with Crippen LogP contribution in [0.1, 0.15) is 18.9 Å². The standard InChI is InChI=1S/C14H17NO2/c1-14(13(16)8-10-17-14)15-9-4-6-11-5-2-3-7-12(11)15/h2-7,13,16H,8-10H2,1H3. The lowest BCUT2D eigenvalue weighted by molar-refractivity contribution is -0.0439. The zero-order valence-electron chi connectivity index (χ0n) is 9.97. The van der Waals surface area contributed by atoms with Crippen LogP contribution in [0.2, 0.25) is 0 Å². The van der Waals surface area contributed by atoms with Gasteiger partial charge in [0.05, 0.1) is 6.61 Å². The fourth-order valence-corrected chi connectivity index (χ4v) is 2.68. The fraction of sp³-hybridized carbons (Fsp3) is 0.429. The molecule has 2 heterocycles. The lowest BCUT2D eigenvalue weighted by Gasteiger charge is -2.42. The molecule has 0 bridgehead atoms. The molecule has 1 aromatic carbocycles. The summed E-state index contributed by atoms with van der Waals surface area (Å²) in [4.78, 5) is 2.15. The first kappa shape index (κ1) is 10.8. The van der Waals surface area contributed by atoms with Gasteiger partial charge in [-0.1, -0.05) is 30.4 Å². The molecule has 0 spiro atoms. The summed E-state index contributed by atoms with van der Waals surface area (Å²) in [7, 11) is 0. The van der Waals surface area contributed by atoms with Crippen LogP contribution in [0, 0.1) is 0 Å². The zero-order chi connectivity index (χ0) is 11.9. The summed E-state index contributed by atoms with van der Waals surface area (Å²) in [6, 6.07) is 8.22. The minimum atomic E-state index is -0.596. The maximum atomic E-state index is 10.1. The normalized spacial score (nSPS) is 31.6. The second kappa shape index (κ2) is 3.86. The molecule has 2 aliphatic heterocycles. The molecule has 1 N–H and O–H groups in total. The first-order chi connectivity index (χ1) is 8.22. The zero-order valence-corrected chi connectivity index (χ0v) is 9.97. The number of benzene rings is 1. The van der Waals surface area contributed by atoms with E-state index in [0.29, 0.717) is 13.0 Å². The van der Waals surface area contributed by atoms with Gasteiger partial charge in [-0.2, -0.15) is 0 Å². The van der Waals surface area contributed by atoms with Gasteiger partial charge in [-0.15, -0.1) is 0 Å². The Labute approximate surface area is 101 Å². The van der Waals surface area contributed by atoms with Crippen molar-refractivity contribution in [2.75, 3.05) is 18.1 Å². The Balaban J connectivity index is 2.03. The number of nitrogens with zero attached hydrogens (tertiary/aromatic N) is 1. The number of hydrogen-bond donors (Lipinski definition) is 1. The van der Waals surface area contributed by atoms with Crippen molar-refractivity contribution >= 4 is 11.8 Å². The van der Waals surface area contributed by atoms with Crippen molar-refractivity contribution in [2.45, 2.75) is 25.2 Å². The highest BCUT2D eigenvalue weighted by Crippen LogP contribution is 2.37. The molecule has 3 heteroatoms. The lowest BCUT2D eigenvalue weighted by atomic mass is 10.0. The number of rotatable bonds is 1. The Hall–Kier alpha value is -1.32. The molecule has 2 atom stereocenters. The van der Waals surface area contributed by atoms with Gasteiger partial charge >= 0.3 is 0 Å². The van der Waals surface area contributed by atoms with E-state index in [4.69, 9.17) is 4.74 Å². The maximum absolute atomic E-state index is 10.1. The van der Waals surface area contributed by atoms with Crippen molar-refractivity contribution in [3.8, 4) is 0 Å². The quantitative estimate of drug-likeness (QED) is 0.802. The van der Waals surface area contributed by atoms with Crippen molar-refractivity contribution < 1.29 is 9.84 Å². The summed E-state index contributed by atoms with van der Waals surface area (Å²) in [5.74, 6) is 0. The van der Waals surface area contributed by atoms with Gasteiger partial charge in [0.15, 0.2) is 5.72 Å². The summed E-state index contributed by atoms with van der Waals surface area (Å²) in [5.41, 5.74) is 1.72. The fourth-order valence-electron chi connectivity index (χ4n) is 2.68. The number of ether oxygens (including phenoxy) is 1. The summed E-state index contributed by atoms with van der Waals surface area (Å²) in [6.07, 6.45) is 4.51.